The lowest BCUT2D eigenvalue weighted by molar-refractivity contribution is -0.209. The smallest absolute Gasteiger partial charge is 0.323 e. The Hall–Kier alpha value is -1.72. The molecule has 1 fully saturated rings. The highest BCUT2D eigenvalue weighted by Crippen LogP contribution is 2.47. The van der Waals surface area contributed by atoms with Crippen LogP contribution >= 0.6 is 7.52 Å². The van der Waals surface area contributed by atoms with Gasteiger partial charge in [0.05, 0.1) is 12.5 Å². The van der Waals surface area contributed by atoms with Crippen LogP contribution in [-0.2, 0) is 32.9 Å². The molecule has 0 aliphatic carbocycles. The quantitative estimate of drug-likeness (QED) is 0.306. The normalized spacial score (nSPS) is 34.2. The fourth-order valence-electron chi connectivity index (χ4n) is 3.11. The van der Waals surface area contributed by atoms with Crippen molar-refractivity contribution in [1.82, 2.24) is 9.99 Å². The molecular weight excluding hydrogens is 441 g/mol. The highest BCUT2D eigenvalue weighted by molar-refractivity contribution is 7.56. The molecule has 176 valence electrons. The van der Waals surface area contributed by atoms with E-state index in [0.29, 0.717) is 4.90 Å². The van der Waals surface area contributed by atoms with Crippen LogP contribution in [0.4, 0.5) is 8.78 Å². The van der Waals surface area contributed by atoms with E-state index in [-0.39, 0.29) is 0 Å². The van der Waals surface area contributed by atoms with Gasteiger partial charge in [0.2, 0.25) is 5.91 Å². The third-order valence-electron chi connectivity index (χ3n) is 4.66. The largest absolute Gasteiger partial charge is 0.462 e. The number of carbonyl (C=O) groups is 3. The Labute approximate surface area is 178 Å². The Bertz CT molecular complexity index is 820. The van der Waals surface area contributed by atoms with E-state index in [9.17, 15) is 24.1 Å². The second kappa shape index (κ2) is 9.03. The molecule has 2 rings (SSSR count). The van der Waals surface area contributed by atoms with E-state index in [0.717, 1.165) is 25.9 Å². The highest BCUT2D eigenvalue weighted by atomic mass is 31.2. The molecule has 0 saturated carbocycles. The van der Waals surface area contributed by atoms with Crippen LogP contribution in [0.3, 0.4) is 0 Å². The number of alkyl halides is 2. The Morgan fingerprint density at radius 2 is 2.03 bits per heavy atom. The number of aliphatic hydroxyl groups excluding tert-OH is 1. The number of aliphatic hydroxyl groups is 1. The van der Waals surface area contributed by atoms with E-state index in [2.05, 4.69) is 5.09 Å². The topological polar surface area (TPSA) is 131 Å². The first-order valence-corrected chi connectivity index (χ1v) is 11.6. The number of amides is 1. The zero-order valence-electron chi connectivity index (χ0n) is 17.8. The predicted octanol–water partition coefficient (Wildman–Crippen LogP) is 1.18. The van der Waals surface area contributed by atoms with Gasteiger partial charge >= 0.3 is 5.97 Å². The van der Waals surface area contributed by atoms with Crippen molar-refractivity contribution < 1.29 is 46.8 Å². The van der Waals surface area contributed by atoms with Crippen molar-refractivity contribution in [2.75, 3.05) is 13.3 Å². The number of ketones is 1. The summed E-state index contributed by atoms with van der Waals surface area (Å²) >= 11 is 0. The maximum Gasteiger partial charge on any atom is 0.323 e. The molecule has 1 amide bonds. The van der Waals surface area contributed by atoms with E-state index in [4.69, 9.17) is 14.0 Å². The van der Waals surface area contributed by atoms with Gasteiger partial charge in [0, 0.05) is 12.9 Å². The highest BCUT2D eigenvalue weighted by Gasteiger charge is 2.66. The van der Waals surface area contributed by atoms with Crippen LogP contribution in [0.15, 0.2) is 12.3 Å². The summed E-state index contributed by atoms with van der Waals surface area (Å²) in [5.74, 6) is -5.23. The standard InChI is InChI=1S/C18H27F2N2O8P/c1-10(2)29-14(25)11(3)21-31(5,27)28-9-18(20)15(26)17(4,19)16(30-18)22-7-6-12(23)8-13(22)24/h6-7,10-11,15-16,26H,8-9H2,1-5H3,(H,21,27)/t11-,15-,16+,17+,18+,31?/m0/s1. The Morgan fingerprint density at radius 1 is 1.42 bits per heavy atom. The number of halogens is 2. The van der Waals surface area contributed by atoms with Crippen LogP contribution in [0.1, 0.15) is 34.1 Å². The molecule has 2 aliphatic heterocycles. The summed E-state index contributed by atoms with van der Waals surface area (Å²) in [5, 5.41) is 12.6. The molecule has 0 aromatic rings. The minimum Gasteiger partial charge on any atom is -0.462 e. The predicted molar refractivity (Wildman–Crippen MR) is 103 cm³/mol. The summed E-state index contributed by atoms with van der Waals surface area (Å²) in [6.07, 6.45) is -3.32. The number of rotatable bonds is 8. The number of nitrogens with one attached hydrogen (secondary N) is 1. The SMILES string of the molecule is CC(C)OC(=O)[C@H](C)NP(C)(=O)OC[C@@]1(F)O[C@@H](N2C=CC(=O)CC2=O)[C@](C)(F)[C@@H]1O. The molecule has 10 nitrogen and oxygen atoms in total. The van der Waals surface area contributed by atoms with Gasteiger partial charge in [-0.15, -0.1) is 0 Å². The van der Waals surface area contributed by atoms with Crippen LogP contribution in [0.25, 0.3) is 0 Å². The summed E-state index contributed by atoms with van der Waals surface area (Å²) in [5.41, 5.74) is -2.78. The summed E-state index contributed by atoms with van der Waals surface area (Å²) in [4.78, 5) is 35.9. The average Bonchev–Trinajstić information content (AvgIpc) is 2.80. The molecule has 2 aliphatic rings. The molecule has 0 radical (unpaired) electrons. The number of esters is 1. The molecule has 0 aromatic heterocycles. The minimum absolute atomic E-state index is 0.411. The van der Waals surface area contributed by atoms with Crippen LogP contribution < -0.4 is 5.09 Å². The molecule has 0 bridgehead atoms. The summed E-state index contributed by atoms with van der Waals surface area (Å²) in [6, 6.07) is -1.06. The van der Waals surface area contributed by atoms with Gasteiger partial charge in [0.1, 0.15) is 12.6 Å². The first-order chi connectivity index (χ1) is 14.1. The Morgan fingerprint density at radius 3 is 2.58 bits per heavy atom. The maximum atomic E-state index is 15.3. The molecular formula is C18H27F2N2O8P. The van der Waals surface area contributed by atoms with Crippen molar-refractivity contribution in [3.8, 4) is 0 Å². The van der Waals surface area contributed by atoms with Crippen molar-refractivity contribution in [2.45, 2.75) is 70.1 Å². The Kier molecular flexibility index (Phi) is 7.44. The number of ether oxygens (including phenoxy) is 2. The molecule has 2 N–H and O–H groups in total. The van der Waals surface area contributed by atoms with Crippen molar-refractivity contribution in [3.05, 3.63) is 12.3 Å². The third-order valence-corrected chi connectivity index (χ3v) is 6.14. The summed E-state index contributed by atoms with van der Waals surface area (Å²) < 4.78 is 58.0. The lowest BCUT2D eigenvalue weighted by Gasteiger charge is -2.32. The third kappa shape index (κ3) is 5.75. The van der Waals surface area contributed by atoms with Gasteiger partial charge in [0.25, 0.3) is 13.4 Å². The van der Waals surface area contributed by atoms with Crippen molar-refractivity contribution in [2.24, 2.45) is 0 Å². The van der Waals surface area contributed by atoms with Crippen LogP contribution in [0, 0.1) is 0 Å². The van der Waals surface area contributed by atoms with Gasteiger partial charge in [-0.05, 0) is 33.8 Å². The van der Waals surface area contributed by atoms with Gasteiger partial charge in [-0.3, -0.25) is 23.8 Å². The summed E-state index contributed by atoms with van der Waals surface area (Å²) in [7, 11) is -3.83. The van der Waals surface area contributed by atoms with E-state index in [1.165, 1.54) is 6.92 Å². The monoisotopic (exact) mass is 468 g/mol. The minimum atomic E-state index is -3.83. The molecule has 2 heterocycles. The zero-order valence-corrected chi connectivity index (χ0v) is 18.7. The fraction of sp³-hybridized carbons (Fsp3) is 0.722. The zero-order chi connectivity index (χ0) is 23.8. The Balaban J connectivity index is 2.09. The number of nitrogens with zero attached hydrogens (tertiary/aromatic N) is 1. The van der Waals surface area contributed by atoms with Gasteiger partial charge in [0.15, 0.2) is 23.8 Å². The van der Waals surface area contributed by atoms with Crippen molar-refractivity contribution >= 4 is 25.2 Å². The number of hydrogen-bond donors (Lipinski definition) is 2. The van der Waals surface area contributed by atoms with E-state index >= 15 is 8.78 Å². The van der Waals surface area contributed by atoms with Crippen molar-refractivity contribution in [1.29, 1.82) is 0 Å². The second-order valence-corrected chi connectivity index (χ2v) is 10.2. The molecule has 1 unspecified atom stereocenters. The van der Waals surface area contributed by atoms with E-state index in [1.54, 1.807) is 13.8 Å². The molecule has 1 saturated heterocycles. The lowest BCUT2D eigenvalue weighted by Crippen LogP contribution is -2.52. The first-order valence-electron chi connectivity index (χ1n) is 9.55. The van der Waals surface area contributed by atoms with Crippen LogP contribution in [-0.4, -0.2) is 76.9 Å². The molecule has 6 atom stereocenters. The average molecular weight is 468 g/mol. The number of hydrogen-bond acceptors (Lipinski definition) is 8. The van der Waals surface area contributed by atoms with Crippen LogP contribution in [0.5, 0.6) is 0 Å². The summed E-state index contributed by atoms with van der Waals surface area (Å²) in [6.45, 7) is 5.34. The van der Waals surface area contributed by atoms with E-state index < -0.39 is 74.2 Å². The lowest BCUT2D eigenvalue weighted by atomic mass is 9.96. The van der Waals surface area contributed by atoms with E-state index in [1.807, 2.05) is 0 Å². The van der Waals surface area contributed by atoms with Crippen LogP contribution in [0.2, 0.25) is 0 Å². The molecule has 13 heteroatoms. The van der Waals surface area contributed by atoms with Gasteiger partial charge in [-0.2, -0.15) is 0 Å². The molecule has 0 aromatic carbocycles. The number of allylic oxidation sites excluding steroid dienone is 1. The first kappa shape index (κ1) is 25.5. The molecule has 31 heavy (non-hydrogen) atoms. The van der Waals surface area contributed by atoms with Gasteiger partial charge < -0.3 is 19.1 Å². The number of carbonyl (C=O) groups excluding carboxylic acids is 3. The fourth-order valence-corrected chi connectivity index (χ4v) is 4.41. The van der Waals surface area contributed by atoms with Crippen molar-refractivity contribution in [3.63, 3.8) is 0 Å². The molecule has 0 spiro atoms. The van der Waals surface area contributed by atoms with Gasteiger partial charge in [-0.1, -0.05) is 0 Å². The maximum absolute atomic E-state index is 15.3. The second-order valence-electron chi connectivity index (χ2n) is 8.03. The van der Waals surface area contributed by atoms with Gasteiger partial charge in [-0.25, -0.2) is 13.9 Å².